The molecule has 0 aliphatic carbocycles. The predicted octanol–water partition coefficient (Wildman–Crippen LogP) is 2.69. The number of thioether (sulfide) groups is 1. The van der Waals surface area contributed by atoms with Gasteiger partial charge in [0.15, 0.2) is 5.54 Å². The Morgan fingerprint density at radius 1 is 1.26 bits per heavy atom. The zero-order chi connectivity index (χ0) is 16.3. The highest BCUT2D eigenvalue weighted by molar-refractivity contribution is 8.15. The lowest BCUT2D eigenvalue weighted by molar-refractivity contribution is 0.351. The lowest BCUT2D eigenvalue weighted by atomic mass is 9.94. The van der Waals surface area contributed by atoms with E-state index in [0.717, 1.165) is 37.6 Å². The first kappa shape index (κ1) is 16.1. The maximum absolute atomic E-state index is 8.58. The van der Waals surface area contributed by atoms with Crippen molar-refractivity contribution in [3.63, 3.8) is 0 Å². The second kappa shape index (κ2) is 6.80. The largest absolute Gasteiger partial charge is 0.355 e. The predicted molar refractivity (Wildman–Crippen MR) is 95.3 cm³/mol. The molecule has 7 heteroatoms. The minimum absolute atomic E-state index is 0.0860. The van der Waals surface area contributed by atoms with Crippen molar-refractivity contribution >= 4 is 22.6 Å². The summed E-state index contributed by atoms with van der Waals surface area (Å²) in [5.74, 6) is 0.917. The summed E-state index contributed by atoms with van der Waals surface area (Å²) in [5.41, 5.74) is 0.202. The first-order valence-corrected chi connectivity index (χ1v) is 8.76. The first-order chi connectivity index (χ1) is 11.1. The molecule has 23 heavy (non-hydrogen) atoms. The lowest BCUT2D eigenvalue weighted by Gasteiger charge is -2.34. The van der Waals surface area contributed by atoms with Crippen LogP contribution in [-0.2, 0) is 5.54 Å². The molecule has 0 spiro atoms. The Bertz CT molecular complexity index is 623. The normalized spacial score (nSPS) is 32.6. The smallest absolute Gasteiger partial charge is 0.153 e. The molecule has 0 aromatic heterocycles. The van der Waals surface area contributed by atoms with E-state index >= 15 is 0 Å². The van der Waals surface area contributed by atoms with E-state index in [1.807, 2.05) is 37.3 Å². The van der Waals surface area contributed by atoms with E-state index in [9.17, 15) is 0 Å². The van der Waals surface area contributed by atoms with Crippen molar-refractivity contribution in [2.24, 2.45) is 15.4 Å². The summed E-state index contributed by atoms with van der Waals surface area (Å²) in [5, 5.41) is 25.4. The maximum Gasteiger partial charge on any atom is 0.153 e. The molecule has 0 amide bonds. The van der Waals surface area contributed by atoms with Crippen molar-refractivity contribution in [3.8, 4) is 0 Å². The van der Waals surface area contributed by atoms with E-state index in [-0.39, 0.29) is 5.25 Å². The van der Waals surface area contributed by atoms with Crippen LogP contribution in [0.25, 0.3) is 0 Å². The highest BCUT2D eigenvalue weighted by Crippen LogP contribution is 2.35. The molecule has 3 rings (SSSR count). The molecule has 2 heterocycles. The number of hydrogen-bond donors (Lipinski definition) is 2. The van der Waals surface area contributed by atoms with Crippen LogP contribution in [0.4, 0.5) is 0 Å². The fourth-order valence-corrected chi connectivity index (χ4v) is 3.84. The van der Waals surface area contributed by atoms with Crippen molar-refractivity contribution < 1.29 is 0 Å². The number of nitrogens with zero attached hydrogens (tertiary/aromatic N) is 4. The molecule has 2 N–H and O–H groups in total. The lowest BCUT2D eigenvalue weighted by Crippen LogP contribution is -2.49. The molecular weight excluding hydrogens is 308 g/mol. The summed E-state index contributed by atoms with van der Waals surface area (Å²) in [6, 6.07) is 9.87. The summed E-state index contributed by atoms with van der Waals surface area (Å²) >= 11 is 1.52. The number of amidine groups is 1. The Morgan fingerprint density at radius 3 is 2.65 bits per heavy atom. The van der Waals surface area contributed by atoms with Crippen molar-refractivity contribution in [1.82, 2.24) is 10.2 Å². The molecule has 2 unspecified atom stereocenters. The summed E-state index contributed by atoms with van der Waals surface area (Å²) in [4.78, 5) is 2.24. The molecule has 122 valence electrons. The van der Waals surface area contributed by atoms with Gasteiger partial charge in [0.05, 0.1) is 10.3 Å². The quantitative estimate of drug-likeness (QED) is 0.831. The number of nitrogens with one attached hydrogen (secondary N) is 2. The van der Waals surface area contributed by atoms with Gasteiger partial charge in [0.25, 0.3) is 0 Å². The summed E-state index contributed by atoms with van der Waals surface area (Å²) in [7, 11) is 0. The zero-order valence-electron chi connectivity index (χ0n) is 13.5. The van der Waals surface area contributed by atoms with Gasteiger partial charge in [0.2, 0.25) is 0 Å². The fourth-order valence-electron chi connectivity index (χ4n) is 2.79. The molecule has 0 saturated carbocycles. The van der Waals surface area contributed by atoms with Crippen LogP contribution in [0.3, 0.4) is 0 Å². The molecule has 1 aromatic carbocycles. The van der Waals surface area contributed by atoms with Crippen molar-refractivity contribution in [2.75, 3.05) is 26.2 Å². The van der Waals surface area contributed by atoms with Crippen molar-refractivity contribution in [2.45, 2.75) is 24.6 Å². The van der Waals surface area contributed by atoms with Crippen LogP contribution in [0.15, 0.2) is 45.8 Å². The van der Waals surface area contributed by atoms with Crippen LogP contribution in [0.1, 0.15) is 19.4 Å². The summed E-state index contributed by atoms with van der Waals surface area (Å²) in [6.07, 6.45) is 0. The minimum Gasteiger partial charge on any atom is -0.355 e. The second-order valence-electron chi connectivity index (χ2n) is 5.91. The molecule has 0 radical (unpaired) electrons. The van der Waals surface area contributed by atoms with Crippen LogP contribution in [0.5, 0.6) is 0 Å². The Labute approximate surface area is 140 Å². The minimum atomic E-state index is -0.765. The molecule has 1 aromatic rings. The van der Waals surface area contributed by atoms with E-state index in [1.165, 1.54) is 11.8 Å². The van der Waals surface area contributed by atoms with E-state index in [2.05, 4.69) is 32.6 Å². The van der Waals surface area contributed by atoms with Gasteiger partial charge in [-0.2, -0.15) is 5.11 Å². The van der Waals surface area contributed by atoms with E-state index in [4.69, 9.17) is 5.41 Å². The van der Waals surface area contributed by atoms with Crippen LogP contribution in [0, 0.1) is 5.41 Å². The highest BCUT2D eigenvalue weighted by Gasteiger charge is 2.36. The van der Waals surface area contributed by atoms with Crippen LogP contribution < -0.4 is 5.32 Å². The van der Waals surface area contributed by atoms with Gasteiger partial charge >= 0.3 is 0 Å². The number of benzene rings is 1. The molecule has 1 fully saturated rings. The van der Waals surface area contributed by atoms with Gasteiger partial charge < -0.3 is 10.2 Å². The van der Waals surface area contributed by atoms with Gasteiger partial charge in [0.1, 0.15) is 5.84 Å². The Hall–Kier alpha value is -1.73. The summed E-state index contributed by atoms with van der Waals surface area (Å²) in [6.45, 7) is 7.76. The number of rotatable bonds is 1. The first-order valence-electron chi connectivity index (χ1n) is 7.88. The third-order valence-corrected chi connectivity index (χ3v) is 5.47. The van der Waals surface area contributed by atoms with E-state index in [1.54, 1.807) is 0 Å². The van der Waals surface area contributed by atoms with Crippen molar-refractivity contribution in [3.05, 3.63) is 35.9 Å². The Balaban J connectivity index is 1.92. The van der Waals surface area contributed by atoms with Crippen LogP contribution >= 0.6 is 11.8 Å². The van der Waals surface area contributed by atoms with Gasteiger partial charge in [-0.25, -0.2) is 0 Å². The van der Waals surface area contributed by atoms with Crippen LogP contribution in [0.2, 0.25) is 0 Å². The maximum atomic E-state index is 8.58. The topological polar surface area (TPSA) is 76.2 Å². The van der Waals surface area contributed by atoms with Gasteiger partial charge in [-0.1, -0.05) is 42.1 Å². The van der Waals surface area contributed by atoms with Gasteiger partial charge in [-0.05, 0) is 24.6 Å². The molecule has 1 saturated heterocycles. The molecule has 2 aliphatic heterocycles. The number of piperazine rings is 1. The van der Waals surface area contributed by atoms with Crippen molar-refractivity contribution in [1.29, 1.82) is 5.41 Å². The molecular formula is C16H22N6S. The monoisotopic (exact) mass is 330 g/mol. The SMILES string of the molecule is CC1SC(=N)C(C)(c2ccccc2)/N=N\N=C/1N1CCNCC1. The molecule has 6 nitrogen and oxygen atoms in total. The highest BCUT2D eigenvalue weighted by atomic mass is 32.2. The summed E-state index contributed by atoms with van der Waals surface area (Å²) < 4.78 is 0. The number of hydrogen-bond acceptors (Lipinski definition) is 7. The van der Waals surface area contributed by atoms with Gasteiger partial charge in [-0.3, -0.25) is 5.41 Å². The zero-order valence-corrected chi connectivity index (χ0v) is 14.3. The van der Waals surface area contributed by atoms with Crippen LogP contribution in [-0.4, -0.2) is 47.2 Å². The molecule has 0 bridgehead atoms. The van der Waals surface area contributed by atoms with Gasteiger partial charge in [-0.15, -0.1) is 5.10 Å². The molecule has 2 aliphatic rings. The fraction of sp³-hybridized carbons (Fsp3) is 0.500. The molecule has 2 atom stereocenters. The average Bonchev–Trinajstić information content (AvgIpc) is 2.59. The standard InChI is InChI=1S/C16H22N6S/c1-12-14(22-10-8-18-9-11-22)19-21-20-16(2,15(17)23-12)13-6-4-3-5-7-13/h3-7,12,17-18H,8-11H2,1-2H3/b17-15?,19-14+,21-20-. The van der Waals surface area contributed by atoms with E-state index in [0.29, 0.717) is 5.04 Å². The van der Waals surface area contributed by atoms with E-state index < -0.39 is 5.54 Å². The third-order valence-electron chi connectivity index (χ3n) is 4.27. The second-order valence-corrected chi connectivity index (χ2v) is 7.26. The third kappa shape index (κ3) is 3.30. The van der Waals surface area contributed by atoms with Gasteiger partial charge in [0, 0.05) is 26.2 Å². The average molecular weight is 330 g/mol. The Kier molecular flexibility index (Phi) is 4.77. The Morgan fingerprint density at radius 2 is 1.96 bits per heavy atom.